The summed E-state index contributed by atoms with van der Waals surface area (Å²) in [5, 5.41) is 0.413. The first kappa shape index (κ1) is 24.5. The summed E-state index contributed by atoms with van der Waals surface area (Å²) in [5.41, 5.74) is 4.72. The summed E-state index contributed by atoms with van der Waals surface area (Å²) in [4.78, 5) is 40.1. The number of aromatic nitrogens is 3. The second kappa shape index (κ2) is 9.71. The Bertz CT molecular complexity index is 1760. The van der Waals surface area contributed by atoms with Crippen molar-refractivity contribution in [3.8, 4) is 5.69 Å². The molecule has 5 rings (SSSR count). The summed E-state index contributed by atoms with van der Waals surface area (Å²) in [6.07, 6.45) is 0. The van der Waals surface area contributed by atoms with Crippen LogP contribution in [0.1, 0.15) is 32.9 Å². The number of halogens is 1. The van der Waals surface area contributed by atoms with Crippen LogP contribution in [0.25, 0.3) is 16.7 Å². The molecule has 2 heterocycles. The maximum Gasteiger partial charge on any atom is 0.317 e. The largest absolute Gasteiger partial charge is 0.318 e. The molecule has 7 heteroatoms. The van der Waals surface area contributed by atoms with Gasteiger partial charge in [0.2, 0.25) is 0 Å². The minimum absolute atomic E-state index is 0.236. The van der Waals surface area contributed by atoms with Gasteiger partial charge in [-0.15, -0.1) is 0 Å². The number of Topliss-reactive ketones (excluding diaryl/α,β-unsaturated/α-hetero) is 1. The van der Waals surface area contributed by atoms with Crippen molar-refractivity contribution in [2.75, 3.05) is 0 Å². The summed E-state index contributed by atoms with van der Waals surface area (Å²) in [7, 11) is 0. The standard InChI is InChI=1S/C30H26ClN3O3/c1-19-9-12-24(13-10-19)34-20(2)15-25(21(34)3)28(35)18-33-27-16-23(31)11-14-26(27)32(29(36)30(33)37)17-22-7-5-4-6-8-22/h4-16H,17-18H2,1-3H3. The van der Waals surface area contributed by atoms with Gasteiger partial charge in [0, 0.05) is 27.7 Å². The van der Waals surface area contributed by atoms with Gasteiger partial charge in [0.15, 0.2) is 5.78 Å². The maximum absolute atomic E-state index is 13.5. The fourth-order valence-corrected chi connectivity index (χ4v) is 5.00. The molecule has 0 unspecified atom stereocenters. The number of nitrogens with zero attached hydrogens (tertiary/aromatic N) is 3. The van der Waals surface area contributed by atoms with Crippen molar-refractivity contribution in [1.82, 2.24) is 13.7 Å². The van der Waals surface area contributed by atoms with Crippen LogP contribution in [0.2, 0.25) is 5.02 Å². The van der Waals surface area contributed by atoms with Crippen molar-refractivity contribution in [1.29, 1.82) is 0 Å². The number of carbonyl (C=O) groups excluding carboxylic acids is 1. The normalized spacial score (nSPS) is 11.2. The summed E-state index contributed by atoms with van der Waals surface area (Å²) < 4.78 is 4.70. The van der Waals surface area contributed by atoms with Crippen molar-refractivity contribution in [2.24, 2.45) is 0 Å². The van der Waals surface area contributed by atoms with Gasteiger partial charge in [-0.05, 0) is 62.7 Å². The molecule has 186 valence electrons. The summed E-state index contributed by atoms with van der Waals surface area (Å²) in [6, 6.07) is 24.4. The number of rotatable bonds is 6. The van der Waals surface area contributed by atoms with E-state index >= 15 is 0 Å². The Labute approximate surface area is 219 Å². The molecule has 0 aliphatic rings. The van der Waals surface area contributed by atoms with Crippen LogP contribution in [0.5, 0.6) is 0 Å². The zero-order valence-electron chi connectivity index (χ0n) is 20.9. The molecule has 3 aromatic carbocycles. The Hall–Kier alpha value is -4.16. The summed E-state index contributed by atoms with van der Waals surface area (Å²) >= 11 is 6.29. The quantitative estimate of drug-likeness (QED) is 0.224. The van der Waals surface area contributed by atoms with E-state index in [0.717, 1.165) is 28.2 Å². The summed E-state index contributed by atoms with van der Waals surface area (Å²) in [5.74, 6) is -0.255. The Kier molecular flexibility index (Phi) is 6.44. The van der Waals surface area contributed by atoms with Crippen molar-refractivity contribution in [3.63, 3.8) is 0 Å². The molecule has 0 atom stereocenters. The average molecular weight is 512 g/mol. The van der Waals surface area contributed by atoms with E-state index in [-0.39, 0.29) is 18.9 Å². The van der Waals surface area contributed by atoms with E-state index in [0.29, 0.717) is 21.6 Å². The molecular formula is C30H26ClN3O3. The molecule has 0 spiro atoms. The Morgan fingerprint density at radius 2 is 1.46 bits per heavy atom. The van der Waals surface area contributed by atoms with E-state index in [2.05, 4.69) is 0 Å². The first-order valence-corrected chi connectivity index (χ1v) is 12.4. The molecule has 6 nitrogen and oxygen atoms in total. The minimum atomic E-state index is -0.758. The third kappa shape index (κ3) is 4.56. The van der Waals surface area contributed by atoms with Crippen LogP contribution in [-0.4, -0.2) is 19.5 Å². The number of hydrogen-bond acceptors (Lipinski definition) is 3. The number of aryl methyl sites for hydroxylation is 2. The van der Waals surface area contributed by atoms with Crippen molar-refractivity contribution in [2.45, 2.75) is 33.9 Å². The van der Waals surface area contributed by atoms with Gasteiger partial charge in [-0.25, -0.2) is 0 Å². The third-order valence-electron chi connectivity index (χ3n) is 6.70. The van der Waals surface area contributed by atoms with Gasteiger partial charge in [-0.3, -0.25) is 23.5 Å². The SMILES string of the molecule is Cc1ccc(-n2c(C)cc(C(=O)Cn3c(=O)c(=O)n(Cc4ccccc4)c4ccc(Cl)cc43)c2C)cc1. The monoisotopic (exact) mass is 511 g/mol. The number of hydrogen-bond donors (Lipinski definition) is 0. The number of carbonyl (C=O) groups is 1. The van der Waals surface area contributed by atoms with Crippen LogP contribution >= 0.6 is 11.6 Å². The highest BCUT2D eigenvalue weighted by atomic mass is 35.5. The van der Waals surface area contributed by atoms with Gasteiger partial charge in [0.1, 0.15) is 0 Å². The zero-order valence-corrected chi connectivity index (χ0v) is 21.6. The Morgan fingerprint density at radius 1 is 0.784 bits per heavy atom. The molecule has 0 saturated heterocycles. The van der Waals surface area contributed by atoms with Crippen LogP contribution in [0.4, 0.5) is 0 Å². The highest BCUT2D eigenvalue weighted by Crippen LogP contribution is 2.23. The Balaban J connectivity index is 1.59. The molecule has 0 radical (unpaired) electrons. The topological polar surface area (TPSA) is 66.0 Å². The van der Waals surface area contributed by atoms with Crippen molar-refractivity contribution >= 4 is 28.4 Å². The second-order valence-electron chi connectivity index (χ2n) is 9.28. The van der Waals surface area contributed by atoms with Crippen LogP contribution in [-0.2, 0) is 13.1 Å². The first-order valence-electron chi connectivity index (χ1n) is 12.0. The fraction of sp³-hybridized carbons (Fsp3) is 0.167. The lowest BCUT2D eigenvalue weighted by Gasteiger charge is -2.15. The first-order chi connectivity index (χ1) is 17.7. The van der Waals surface area contributed by atoms with Crippen LogP contribution in [0.15, 0.2) is 88.5 Å². The lowest BCUT2D eigenvalue weighted by Crippen LogP contribution is -2.42. The van der Waals surface area contributed by atoms with E-state index in [1.165, 1.54) is 9.13 Å². The molecular weight excluding hydrogens is 486 g/mol. The molecule has 0 N–H and O–H groups in total. The molecule has 0 aliphatic carbocycles. The second-order valence-corrected chi connectivity index (χ2v) is 9.72. The molecule has 0 fully saturated rings. The van der Waals surface area contributed by atoms with E-state index in [9.17, 15) is 14.4 Å². The van der Waals surface area contributed by atoms with Crippen LogP contribution < -0.4 is 11.1 Å². The smallest absolute Gasteiger partial charge is 0.317 e. The van der Waals surface area contributed by atoms with Crippen LogP contribution in [0, 0.1) is 20.8 Å². The van der Waals surface area contributed by atoms with E-state index < -0.39 is 11.1 Å². The van der Waals surface area contributed by atoms with E-state index in [1.54, 1.807) is 18.2 Å². The van der Waals surface area contributed by atoms with Gasteiger partial charge in [0.05, 0.1) is 24.1 Å². The lowest BCUT2D eigenvalue weighted by atomic mass is 10.1. The van der Waals surface area contributed by atoms with Crippen molar-refractivity contribution < 1.29 is 4.79 Å². The minimum Gasteiger partial charge on any atom is -0.318 e. The molecule has 2 aromatic heterocycles. The van der Waals surface area contributed by atoms with Gasteiger partial charge >= 0.3 is 11.1 Å². The van der Waals surface area contributed by atoms with Crippen LogP contribution in [0.3, 0.4) is 0 Å². The van der Waals surface area contributed by atoms with Gasteiger partial charge < -0.3 is 4.57 Å². The lowest BCUT2D eigenvalue weighted by molar-refractivity contribution is 0.0971. The molecule has 0 saturated carbocycles. The van der Waals surface area contributed by atoms with Gasteiger partial charge in [0.25, 0.3) is 0 Å². The van der Waals surface area contributed by atoms with Crippen molar-refractivity contribution in [3.05, 3.63) is 133 Å². The maximum atomic E-state index is 13.5. The zero-order chi connectivity index (χ0) is 26.3. The molecule has 0 bridgehead atoms. The molecule has 5 aromatic rings. The fourth-order valence-electron chi connectivity index (χ4n) is 4.84. The number of fused-ring (bicyclic) bond motifs is 1. The van der Waals surface area contributed by atoms with E-state index in [1.807, 2.05) is 86.0 Å². The number of benzene rings is 3. The Morgan fingerprint density at radius 3 is 2.16 bits per heavy atom. The van der Waals surface area contributed by atoms with Gasteiger partial charge in [-0.2, -0.15) is 0 Å². The molecule has 0 amide bonds. The predicted octanol–water partition coefficient (Wildman–Crippen LogP) is 5.46. The third-order valence-corrected chi connectivity index (χ3v) is 6.94. The molecule has 0 aliphatic heterocycles. The highest BCUT2D eigenvalue weighted by molar-refractivity contribution is 6.31. The molecule has 37 heavy (non-hydrogen) atoms. The number of ketones is 1. The predicted molar refractivity (Wildman–Crippen MR) is 147 cm³/mol. The summed E-state index contributed by atoms with van der Waals surface area (Å²) in [6.45, 7) is 5.82. The highest BCUT2D eigenvalue weighted by Gasteiger charge is 2.21. The van der Waals surface area contributed by atoms with Gasteiger partial charge in [-0.1, -0.05) is 59.6 Å². The average Bonchev–Trinajstić information content (AvgIpc) is 3.19. The van der Waals surface area contributed by atoms with E-state index in [4.69, 9.17) is 11.6 Å².